The van der Waals surface area contributed by atoms with Crippen LogP contribution in [0.25, 0.3) is 0 Å². The summed E-state index contributed by atoms with van der Waals surface area (Å²) in [6.07, 6.45) is 1.95. The Hall–Kier alpha value is -0.610. The molecule has 0 aromatic rings. The molecule has 4 nitrogen and oxygen atoms in total. The molecule has 11 heavy (non-hydrogen) atoms. The summed E-state index contributed by atoms with van der Waals surface area (Å²) >= 11 is 0. The summed E-state index contributed by atoms with van der Waals surface area (Å²) in [6, 6.07) is 0. The smallest absolute Gasteiger partial charge is 0.0995 e. The number of nitrogens with zero attached hydrogens (tertiary/aromatic N) is 3. The first-order valence-electron chi connectivity index (χ1n) is 4.19. The van der Waals surface area contributed by atoms with Crippen LogP contribution in [-0.2, 0) is 0 Å². The molecular weight excluding hydrogens is 140 g/mol. The van der Waals surface area contributed by atoms with E-state index >= 15 is 0 Å². The Kier molecular flexibility index (Phi) is 2.05. The number of hydrazine groups is 1. The first kappa shape index (κ1) is 7.06. The highest BCUT2D eigenvalue weighted by atomic mass is 15.6. The van der Waals surface area contributed by atoms with Gasteiger partial charge in [-0.15, -0.1) is 0 Å². The van der Waals surface area contributed by atoms with Gasteiger partial charge in [0.05, 0.1) is 19.4 Å². The number of hydrogen-bond donors (Lipinski definition) is 1. The van der Waals surface area contributed by atoms with Gasteiger partial charge >= 0.3 is 0 Å². The molecule has 2 aliphatic heterocycles. The predicted octanol–water partition coefficient (Wildman–Crippen LogP) is -0.849. The second-order valence-electron chi connectivity index (χ2n) is 2.89. The van der Waals surface area contributed by atoms with Crippen LogP contribution in [0.2, 0.25) is 0 Å². The van der Waals surface area contributed by atoms with Gasteiger partial charge in [-0.3, -0.25) is 10.0 Å². The lowest BCUT2D eigenvalue weighted by Gasteiger charge is -2.34. The minimum Gasteiger partial charge on any atom is -0.314 e. The maximum atomic E-state index is 4.18. The minimum absolute atomic E-state index is 0.962. The molecule has 1 N–H and O–H groups in total. The van der Waals surface area contributed by atoms with E-state index in [9.17, 15) is 0 Å². The third-order valence-corrected chi connectivity index (χ3v) is 2.13. The number of aliphatic imine (C=N–C) groups is 1. The maximum Gasteiger partial charge on any atom is 0.0995 e. The Morgan fingerprint density at radius 2 is 2.00 bits per heavy atom. The van der Waals surface area contributed by atoms with Gasteiger partial charge in [0, 0.05) is 26.2 Å². The molecule has 0 unspecified atom stereocenters. The van der Waals surface area contributed by atoms with Crippen LogP contribution in [0.3, 0.4) is 0 Å². The molecule has 0 amide bonds. The van der Waals surface area contributed by atoms with Gasteiger partial charge in [0.25, 0.3) is 0 Å². The summed E-state index contributed by atoms with van der Waals surface area (Å²) in [5.74, 6) is 0. The van der Waals surface area contributed by atoms with E-state index in [0.29, 0.717) is 0 Å². The highest BCUT2D eigenvalue weighted by Crippen LogP contribution is 2.01. The Morgan fingerprint density at radius 3 is 2.64 bits per heavy atom. The highest BCUT2D eigenvalue weighted by Gasteiger charge is 2.16. The standard InChI is InChI=1S/C7H14N4/c1-4-10(5-2-8-1)11-6-3-9-7-11/h7-8H,1-6H2. The van der Waals surface area contributed by atoms with Crippen LogP contribution in [0.5, 0.6) is 0 Å². The molecule has 0 radical (unpaired) electrons. The van der Waals surface area contributed by atoms with Crippen LogP contribution in [0.1, 0.15) is 0 Å². The van der Waals surface area contributed by atoms with Crippen molar-refractivity contribution < 1.29 is 0 Å². The molecule has 2 aliphatic rings. The van der Waals surface area contributed by atoms with Crippen molar-refractivity contribution in [1.82, 2.24) is 15.3 Å². The fraction of sp³-hybridized carbons (Fsp3) is 0.857. The SMILES string of the molecule is C1=NCCN1N1CCNCC1. The average Bonchev–Trinajstić information content (AvgIpc) is 2.58. The number of hydrogen-bond acceptors (Lipinski definition) is 4. The van der Waals surface area contributed by atoms with E-state index < -0.39 is 0 Å². The molecule has 1 fully saturated rings. The Labute approximate surface area is 66.9 Å². The normalized spacial score (nSPS) is 26.4. The summed E-state index contributed by atoms with van der Waals surface area (Å²) < 4.78 is 0. The zero-order valence-electron chi connectivity index (χ0n) is 6.66. The molecule has 0 aliphatic carbocycles. The summed E-state index contributed by atoms with van der Waals surface area (Å²) in [5, 5.41) is 7.90. The molecule has 0 aromatic carbocycles. The third kappa shape index (κ3) is 1.52. The largest absolute Gasteiger partial charge is 0.314 e. The van der Waals surface area contributed by atoms with Crippen molar-refractivity contribution in [2.75, 3.05) is 39.3 Å². The van der Waals surface area contributed by atoms with Crippen LogP contribution in [0.4, 0.5) is 0 Å². The zero-order valence-corrected chi connectivity index (χ0v) is 6.66. The van der Waals surface area contributed by atoms with Crippen LogP contribution in [0, 0.1) is 0 Å². The van der Waals surface area contributed by atoms with E-state index in [1.807, 2.05) is 6.34 Å². The van der Waals surface area contributed by atoms with Gasteiger partial charge in [-0.05, 0) is 0 Å². The maximum absolute atomic E-state index is 4.18. The number of rotatable bonds is 1. The van der Waals surface area contributed by atoms with Crippen molar-refractivity contribution in [3.8, 4) is 0 Å². The van der Waals surface area contributed by atoms with Crippen molar-refractivity contribution in [1.29, 1.82) is 0 Å². The highest BCUT2D eigenvalue weighted by molar-refractivity contribution is 5.56. The average molecular weight is 154 g/mol. The van der Waals surface area contributed by atoms with Crippen molar-refractivity contribution in [3.05, 3.63) is 0 Å². The lowest BCUT2D eigenvalue weighted by atomic mass is 10.4. The Bertz CT molecular complexity index is 151. The summed E-state index contributed by atoms with van der Waals surface area (Å²) in [6.45, 7) is 6.47. The molecule has 62 valence electrons. The minimum atomic E-state index is 0.962. The molecule has 1 saturated heterocycles. The van der Waals surface area contributed by atoms with Gasteiger partial charge in [-0.25, -0.2) is 5.01 Å². The Morgan fingerprint density at radius 1 is 1.18 bits per heavy atom. The molecular formula is C7H14N4. The Balaban J connectivity index is 1.87. The van der Waals surface area contributed by atoms with Gasteiger partial charge in [0.15, 0.2) is 0 Å². The first-order valence-corrected chi connectivity index (χ1v) is 4.19. The van der Waals surface area contributed by atoms with Gasteiger partial charge in [0.2, 0.25) is 0 Å². The van der Waals surface area contributed by atoms with Crippen LogP contribution in [0.15, 0.2) is 4.99 Å². The number of nitrogens with one attached hydrogen (secondary N) is 1. The molecule has 0 bridgehead atoms. The quantitative estimate of drug-likeness (QED) is 0.534. The summed E-state index contributed by atoms with van der Waals surface area (Å²) in [5.41, 5.74) is 0. The van der Waals surface area contributed by atoms with Crippen LogP contribution < -0.4 is 5.32 Å². The lowest BCUT2D eigenvalue weighted by Crippen LogP contribution is -2.51. The van der Waals surface area contributed by atoms with E-state index in [4.69, 9.17) is 0 Å². The van der Waals surface area contributed by atoms with E-state index in [0.717, 1.165) is 39.3 Å². The molecule has 0 spiro atoms. The molecule has 0 saturated carbocycles. The predicted molar refractivity (Wildman–Crippen MR) is 44.5 cm³/mol. The van der Waals surface area contributed by atoms with Gasteiger partial charge in [-0.2, -0.15) is 0 Å². The molecule has 0 aromatic heterocycles. The molecule has 2 rings (SSSR count). The van der Waals surface area contributed by atoms with Crippen molar-refractivity contribution >= 4 is 6.34 Å². The van der Waals surface area contributed by atoms with Crippen molar-refractivity contribution in [3.63, 3.8) is 0 Å². The summed E-state index contributed by atoms with van der Waals surface area (Å²) in [7, 11) is 0. The second-order valence-corrected chi connectivity index (χ2v) is 2.89. The molecule has 0 atom stereocenters. The van der Waals surface area contributed by atoms with Crippen LogP contribution in [-0.4, -0.2) is 55.6 Å². The van der Waals surface area contributed by atoms with Gasteiger partial charge in [-0.1, -0.05) is 0 Å². The van der Waals surface area contributed by atoms with E-state index in [1.54, 1.807) is 0 Å². The first-order chi connectivity index (χ1) is 5.47. The number of piperazine rings is 1. The van der Waals surface area contributed by atoms with Crippen molar-refractivity contribution in [2.24, 2.45) is 4.99 Å². The van der Waals surface area contributed by atoms with Gasteiger partial charge < -0.3 is 5.32 Å². The van der Waals surface area contributed by atoms with Gasteiger partial charge in [0.1, 0.15) is 0 Å². The molecule has 4 heteroatoms. The van der Waals surface area contributed by atoms with E-state index in [2.05, 4.69) is 20.3 Å². The second kappa shape index (κ2) is 3.19. The fourth-order valence-electron chi connectivity index (χ4n) is 1.49. The van der Waals surface area contributed by atoms with E-state index in [-0.39, 0.29) is 0 Å². The topological polar surface area (TPSA) is 30.9 Å². The lowest BCUT2D eigenvalue weighted by molar-refractivity contribution is 0.0469. The summed E-state index contributed by atoms with van der Waals surface area (Å²) in [4.78, 5) is 4.18. The van der Waals surface area contributed by atoms with Crippen molar-refractivity contribution in [2.45, 2.75) is 0 Å². The zero-order chi connectivity index (χ0) is 7.52. The monoisotopic (exact) mass is 154 g/mol. The fourth-order valence-corrected chi connectivity index (χ4v) is 1.49. The molecule has 2 heterocycles. The van der Waals surface area contributed by atoms with Crippen LogP contribution >= 0.6 is 0 Å². The van der Waals surface area contributed by atoms with E-state index in [1.165, 1.54) is 0 Å². The third-order valence-electron chi connectivity index (χ3n) is 2.13.